The van der Waals surface area contributed by atoms with Crippen molar-refractivity contribution in [3.63, 3.8) is 0 Å². The highest BCUT2D eigenvalue weighted by atomic mass is 16.5. The van der Waals surface area contributed by atoms with Gasteiger partial charge in [-0.1, -0.05) is 0 Å². The Kier molecular flexibility index (Phi) is 5.55. The minimum Gasteiger partial charge on any atom is -0.470 e. The molecule has 0 unspecified atom stereocenters. The van der Waals surface area contributed by atoms with Crippen molar-refractivity contribution in [1.82, 2.24) is 39.6 Å². The smallest absolute Gasteiger partial charge is 0.246 e. The fraction of sp³-hybridized carbons (Fsp3) is 0.462. The first kappa shape index (κ1) is 22.8. The third-order valence-corrected chi connectivity index (χ3v) is 7.10. The van der Waals surface area contributed by atoms with Gasteiger partial charge >= 0.3 is 0 Å². The van der Waals surface area contributed by atoms with E-state index in [1.807, 2.05) is 44.6 Å². The van der Waals surface area contributed by atoms with Crippen molar-refractivity contribution in [2.75, 3.05) is 25.5 Å². The summed E-state index contributed by atoms with van der Waals surface area (Å²) in [5.41, 5.74) is 4.53. The lowest BCUT2D eigenvalue weighted by molar-refractivity contribution is 0.194. The van der Waals surface area contributed by atoms with Gasteiger partial charge in [0.1, 0.15) is 11.4 Å². The molecule has 10 heteroatoms. The minimum atomic E-state index is -0.210. The molecule has 1 saturated carbocycles. The van der Waals surface area contributed by atoms with Gasteiger partial charge in [-0.3, -0.25) is 4.68 Å². The number of aryl methyl sites for hydroxylation is 2. The molecule has 0 radical (unpaired) electrons. The number of pyridine rings is 1. The molecule has 0 atom stereocenters. The first-order valence-electron chi connectivity index (χ1n) is 12.5. The van der Waals surface area contributed by atoms with Gasteiger partial charge in [0.2, 0.25) is 11.8 Å². The van der Waals surface area contributed by atoms with Crippen LogP contribution in [0.4, 0.5) is 11.6 Å². The maximum absolute atomic E-state index is 6.34. The molecule has 0 spiro atoms. The van der Waals surface area contributed by atoms with Crippen LogP contribution >= 0.6 is 0 Å². The van der Waals surface area contributed by atoms with Gasteiger partial charge in [-0.15, -0.1) is 0 Å². The fourth-order valence-electron chi connectivity index (χ4n) is 4.60. The van der Waals surface area contributed by atoms with Crippen molar-refractivity contribution in [2.24, 2.45) is 0 Å². The van der Waals surface area contributed by atoms with Gasteiger partial charge in [-0.2, -0.15) is 10.1 Å². The van der Waals surface area contributed by atoms with Crippen molar-refractivity contribution >= 4 is 22.7 Å². The summed E-state index contributed by atoms with van der Waals surface area (Å²) in [6.45, 7) is 8.12. The van der Waals surface area contributed by atoms with Gasteiger partial charge in [0.15, 0.2) is 5.52 Å². The topological polar surface area (TPSA) is 107 Å². The molecule has 0 bridgehead atoms. The van der Waals surface area contributed by atoms with Crippen molar-refractivity contribution < 1.29 is 4.74 Å². The average Bonchev–Trinajstić information content (AvgIpc) is 3.39. The lowest BCUT2D eigenvalue weighted by Gasteiger charge is -2.28. The highest BCUT2D eigenvalue weighted by Gasteiger charge is 2.41. The number of nitrogens with zero attached hydrogens (tertiary/aromatic N) is 8. The van der Waals surface area contributed by atoms with Crippen LogP contribution in [0.5, 0.6) is 5.88 Å². The summed E-state index contributed by atoms with van der Waals surface area (Å²) in [5.74, 6) is 1.69. The second kappa shape index (κ2) is 8.77. The molecule has 1 aliphatic heterocycles. The molecule has 2 fully saturated rings. The standard InChI is InChI=1S/C26H31N9O/c1-16-20(14-27-17(2)29-16)21-5-6-22-23(31-21)24(36-26(3)9-10-26)33-25(32-22)30-18-13-28-35(15-18)19-7-11-34(4)12-8-19/h5-6,13-15,19H,7-12H2,1-4H3,(H,30,32,33). The summed E-state index contributed by atoms with van der Waals surface area (Å²) >= 11 is 0. The van der Waals surface area contributed by atoms with Gasteiger partial charge in [0.25, 0.3) is 0 Å². The van der Waals surface area contributed by atoms with E-state index in [0.717, 1.165) is 67.2 Å². The van der Waals surface area contributed by atoms with E-state index in [9.17, 15) is 0 Å². The summed E-state index contributed by atoms with van der Waals surface area (Å²) < 4.78 is 8.40. The maximum atomic E-state index is 6.34. The molecule has 5 heterocycles. The van der Waals surface area contributed by atoms with Crippen LogP contribution in [0.25, 0.3) is 22.3 Å². The van der Waals surface area contributed by atoms with E-state index in [4.69, 9.17) is 19.7 Å². The number of likely N-dealkylation sites (tertiary alicyclic amines) is 1. The molecule has 0 amide bonds. The number of rotatable bonds is 6. The first-order chi connectivity index (χ1) is 17.3. The lowest BCUT2D eigenvalue weighted by atomic mass is 10.1. The third-order valence-electron chi connectivity index (χ3n) is 7.10. The van der Waals surface area contributed by atoms with Crippen LogP contribution in [0, 0.1) is 13.8 Å². The van der Waals surface area contributed by atoms with E-state index >= 15 is 0 Å². The minimum absolute atomic E-state index is 0.210. The number of ether oxygens (including phenoxy) is 1. The van der Waals surface area contributed by atoms with E-state index in [1.165, 1.54) is 0 Å². The Morgan fingerprint density at radius 3 is 2.58 bits per heavy atom. The maximum Gasteiger partial charge on any atom is 0.246 e. The van der Waals surface area contributed by atoms with E-state index in [0.29, 0.717) is 28.9 Å². The summed E-state index contributed by atoms with van der Waals surface area (Å²) in [7, 11) is 2.17. The molecule has 10 nitrogen and oxygen atoms in total. The Bertz CT molecular complexity index is 1420. The molecule has 36 heavy (non-hydrogen) atoms. The first-order valence-corrected chi connectivity index (χ1v) is 12.5. The molecular formula is C26H31N9O. The van der Waals surface area contributed by atoms with Crippen LogP contribution in [0.1, 0.15) is 50.2 Å². The fourth-order valence-corrected chi connectivity index (χ4v) is 4.60. The third kappa shape index (κ3) is 4.60. The van der Waals surface area contributed by atoms with Gasteiger partial charge in [-0.25, -0.2) is 19.9 Å². The van der Waals surface area contributed by atoms with Crippen LogP contribution in [0.3, 0.4) is 0 Å². The quantitative estimate of drug-likeness (QED) is 0.429. The Hall–Kier alpha value is -3.66. The number of fused-ring (bicyclic) bond motifs is 1. The second-order valence-corrected chi connectivity index (χ2v) is 10.3. The monoisotopic (exact) mass is 485 g/mol. The highest BCUT2D eigenvalue weighted by Crippen LogP contribution is 2.41. The molecule has 186 valence electrons. The van der Waals surface area contributed by atoms with Gasteiger partial charge in [0.05, 0.1) is 34.8 Å². The zero-order valence-corrected chi connectivity index (χ0v) is 21.2. The summed E-state index contributed by atoms with van der Waals surface area (Å²) in [4.78, 5) is 25.6. The Labute approximate surface area is 210 Å². The predicted molar refractivity (Wildman–Crippen MR) is 137 cm³/mol. The molecule has 4 aromatic rings. The number of anilines is 2. The number of piperidine rings is 1. The molecule has 2 aliphatic rings. The predicted octanol–water partition coefficient (Wildman–Crippen LogP) is 4.24. The highest BCUT2D eigenvalue weighted by molar-refractivity contribution is 5.83. The van der Waals surface area contributed by atoms with E-state index in [-0.39, 0.29) is 5.60 Å². The molecule has 1 aliphatic carbocycles. The van der Waals surface area contributed by atoms with E-state index in [1.54, 1.807) is 0 Å². The molecular weight excluding hydrogens is 454 g/mol. The SMILES string of the molecule is Cc1ncc(-c2ccc3nc(Nc4cnn(C5CCN(C)CC5)c4)nc(OC4(C)CC4)c3n2)c(C)n1. The van der Waals surface area contributed by atoms with E-state index < -0.39 is 0 Å². The van der Waals surface area contributed by atoms with Crippen molar-refractivity contribution in [2.45, 2.75) is 58.1 Å². The van der Waals surface area contributed by atoms with Crippen LogP contribution < -0.4 is 10.1 Å². The van der Waals surface area contributed by atoms with Crippen molar-refractivity contribution in [3.05, 3.63) is 42.2 Å². The van der Waals surface area contributed by atoms with Crippen LogP contribution in [0.15, 0.2) is 30.7 Å². The summed E-state index contributed by atoms with van der Waals surface area (Å²) in [6.07, 6.45) is 9.86. The Balaban J connectivity index is 1.32. The number of hydrogen-bond donors (Lipinski definition) is 1. The summed E-state index contributed by atoms with van der Waals surface area (Å²) in [6, 6.07) is 4.31. The van der Waals surface area contributed by atoms with Crippen molar-refractivity contribution in [3.8, 4) is 17.1 Å². The molecule has 0 aromatic carbocycles. The van der Waals surface area contributed by atoms with Gasteiger partial charge in [-0.05, 0) is 78.7 Å². The number of hydrogen-bond acceptors (Lipinski definition) is 9. The largest absolute Gasteiger partial charge is 0.470 e. The van der Waals surface area contributed by atoms with Gasteiger partial charge in [0, 0.05) is 18.0 Å². The molecule has 1 saturated heterocycles. The van der Waals surface area contributed by atoms with Crippen LogP contribution in [0.2, 0.25) is 0 Å². The number of aromatic nitrogens is 7. The van der Waals surface area contributed by atoms with Gasteiger partial charge < -0.3 is 15.0 Å². The molecule has 1 N–H and O–H groups in total. The average molecular weight is 486 g/mol. The normalized spacial score (nSPS) is 17.9. The number of nitrogens with one attached hydrogen (secondary N) is 1. The second-order valence-electron chi connectivity index (χ2n) is 10.3. The van der Waals surface area contributed by atoms with Crippen LogP contribution in [-0.2, 0) is 0 Å². The Morgan fingerprint density at radius 2 is 1.83 bits per heavy atom. The molecule has 6 rings (SSSR count). The van der Waals surface area contributed by atoms with E-state index in [2.05, 4.69) is 43.9 Å². The molecule has 4 aromatic heterocycles. The van der Waals surface area contributed by atoms with Crippen LogP contribution in [-0.4, -0.2) is 65.3 Å². The Morgan fingerprint density at radius 1 is 1.03 bits per heavy atom. The zero-order chi connectivity index (χ0) is 24.9. The zero-order valence-electron chi connectivity index (χ0n) is 21.2. The van der Waals surface area contributed by atoms with Crippen molar-refractivity contribution in [1.29, 1.82) is 0 Å². The summed E-state index contributed by atoms with van der Waals surface area (Å²) in [5, 5.41) is 7.93. The lowest BCUT2D eigenvalue weighted by Crippen LogP contribution is -2.31.